The quantitative estimate of drug-likeness (QED) is 0.772. The van der Waals surface area contributed by atoms with Crippen molar-refractivity contribution in [1.82, 2.24) is 5.32 Å². The van der Waals surface area contributed by atoms with Crippen LogP contribution < -0.4 is 10.1 Å². The number of carbonyl (C=O) groups is 1. The Kier molecular flexibility index (Phi) is 6.08. The Hall–Kier alpha value is -1.52. The Morgan fingerprint density at radius 1 is 1.19 bits per heavy atom. The molecule has 0 fully saturated rings. The minimum Gasteiger partial charge on any atom is -0.494 e. The van der Waals surface area contributed by atoms with Gasteiger partial charge in [0.15, 0.2) is 0 Å². The minimum atomic E-state index is -0.180. The molecule has 1 N–H and O–H groups in total. The third-order valence-electron chi connectivity index (χ3n) is 2.79. The molecule has 2 aromatic rings. The zero-order chi connectivity index (χ0) is 15.1. The van der Waals surface area contributed by atoms with E-state index in [2.05, 4.69) is 21.2 Å². The van der Waals surface area contributed by atoms with E-state index >= 15 is 0 Å². The van der Waals surface area contributed by atoms with E-state index in [9.17, 15) is 4.79 Å². The van der Waals surface area contributed by atoms with E-state index in [0.29, 0.717) is 23.7 Å². The van der Waals surface area contributed by atoms with Gasteiger partial charge in [-0.05, 0) is 36.8 Å². The lowest BCUT2D eigenvalue weighted by atomic mass is 10.2. The highest BCUT2D eigenvalue weighted by atomic mass is 79.9. The van der Waals surface area contributed by atoms with Crippen molar-refractivity contribution in [1.29, 1.82) is 0 Å². The normalized spacial score (nSPS) is 10.2. The number of para-hydroxylation sites is 1. The van der Waals surface area contributed by atoms with Crippen LogP contribution in [-0.4, -0.2) is 19.1 Å². The van der Waals surface area contributed by atoms with Crippen LogP contribution >= 0.6 is 27.5 Å². The van der Waals surface area contributed by atoms with Gasteiger partial charge in [-0.15, -0.1) is 0 Å². The van der Waals surface area contributed by atoms with Gasteiger partial charge in [0.05, 0.1) is 17.2 Å². The lowest BCUT2D eigenvalue weighted by Crippen LogP contribution is -2.25. The van der Waals surface area contributed by atoms with Gasteiger partial charge >= 0.3 is 0 Å². The molecular formula is C16H15BrClNO2. The van der Waals surface area contributed by atoms with Crippen LogP contribution in [0.1, 0.15) is 16.8 Å². The molecule has 2 rings (SSSR count). The number of ether oxygens (including phenoxy) is 1. The van der Waals surface area contributed by atoms with Gasteiger partial charge in [-0.3, -0.25) is 4.79 Å². The summed E-state index contributed by atoms with van der Waals surface area (Å²) in [5.74, 6) is 0.653. The third kappa shape index (κ3) is 5.06. The summed E-state index contributed by atoms with van der Waals surface area (Å²) >= 11 is 9.33. The van der Waals surface area contributed by atoms with Crippen molar-refractivity contribution in [3.63, 3.8) is 0 Å². The first-order valence-corrected chi connectivity index (χ1v) is 7.75. The maximum absolute atomic E-state index is 12.0. The van der Waals surface area contributed by atoms with E-state index in [0.717, 1.165) is 16.6 Å². The van der Waals surface area contributed by atoms with Crippen LogP contribution in [0.4, 0.5) is 0 Å². The van der Waals surface area contributed by atoms with E-state index in [4.69, 9.17) is 16.3 Å². The molecule has 0 saturated carbocycles. The first-order valence-electron chi connectivity index (χ1n) is 6.58. The molecule has 0 aliphatic rings. The van der Waals surface area contributed by atoms with E-state index in [-0.39, 0.29) is 5.91 Å². The van der Waals surface area contributed by atoms with Crippen LogP contribution in [-0.2, 0) is 0 Å². The maximum atomic E-state index is 12.0. The zero-order valence-electron chi connectivity index (χ0n) is 11.3. The number of benzene rings is 2. The molecule has 0 atom stereocenters. The molecule has 0 aliphatic carbocycles. The molecular weight excluding hydrogens is 354 g/mol. The Morgan fingerprint density at radius 2 is 1.95 bits per heavy atom. The monoisotopic (exact) mass is 367 g/mol. The molecule has 1 amide bonds. The smallest absolute Gasteiger partial charge is 0.252 e. The lowest BCUT2D eigenvalue weighted by Gasteiger charge is -2.08. The van der Waals surface area contributed by atoms with Crippen molar-refractivity contribution >= 4 is 33.4 Å². The topological polar surface area (TPSA) is 38.3 Å². The largest absolute Gasteiger partial charge is 0.494 e. The van der Waals surface area contributed by atoms with Crippen LogP contribution in [0.25, 0.3) is 0 Å². The predicted molar refractivity (Wildman–Crippen MR) is 88.0 cm³/mol. The Labute approximate surface area is 137 Å². The first-order chi connectivity index (χ1) is 10.2. The fraction of sp³-hybridized carbons (Fsp3) is 0.188. The maximum Gasteiger partial charge on any atom is 0.252 e. The average Bonchev–Trinajstić information content (AvgIpc) is 2.50. The molecule has 0 saturated heterocycles. The number of amides is 1. The van der Waals surface area contributed by atoms with Crippen molar-refractivity contribution in [2.24, 2.45) is 0 Å². The fourth-order valence-corrected chi connectivity index (χ4v) is 2.31. The van der Waals surface area contributed by atoms with Gasteiger partial charge < -0.3 is 10.1 Å². The number of rotatable bonds is 6. The summed E-state index contributed by atoms with van der Waals surface area (Å²) < 4.78 is 6.38. The van der Waals surface area contributed by atoms with Crippen molar-refractivity contribution < 1.29 is 9.53 Å². The highest BCUT2D eigenvalue weighted by Gasteiger charge is 2.10. The van der Waals surface area contributed by atoms with Gasteiger partial charge in [0.25, 0.3) is 5.91 Å². The molecule has 2 aromatic carbocycles. The highest BCUT2D eigenvalue weighted by Crippen LogP contribution is 2.20. The summed E-state index contributed by atoms with van der Waals surface area (Å²) in [4.78, 5) is 12.0. The fourth-order valence-electron chi connectivity index (χ4n) is 1.75. The summed E-state index contributed by atoms with van der Waals surface area (Å²) in [6.07, 6.45) is 0.728. The second-order valence-electron chi connectivity index (χ2n) is 4.40. The summed E-state index contributed by atoms with van der Waals surface area (Å²) in [5.41, 5.74) is 0.468. The van der Waals surface area contributed by atoms with E-state index in [1.807, 2.05) is 30.3 Å². The zero-order valence-corrected chi connectivity index (χ0v) is 13.7. The summed E-state index contributed by atoms with van der Waals surface area (Å²) in [7, 11) is 0. The van der Waals surface area contributed by atoms with Gasteiger partial charge in [0, 0.05) is 11.0 Å². The Balaban J connectivity index is 1.73. The number of hydrogen-bond donors (Lipinski definition) is 1. The Morgan fingerprint density at radius 3 is 2.71 bits per heavy atom. The highest BCUT2D eigenvalue weighted by molar-refractivity contribution is 9.10. The van der Waals surface area contributed by atoms with E-state index in [1.54, 1.807) is 18.2 Å². The minimum absolute atomic E-state index is 0.180. The van der Waals surface area contributed by atoms with E-state index < -0.39 is 0 Å². The number of carbonyl (C=O) groups excluding carboxylic acids is 1. The van der Waals surface area contributed by atoms with Gasteiger partial charge in [0.1, 0.15) is 5.75 Å². The van der Waals surface area contributed by atoms with Crippen LogP contribution in [0, 0.1) is 0 Å². The molecule has 0 bridgehead atoms. The van der Waals surface area contributed by atoms with Gasteiger partial charge in [-0.1, -0.05) is 45.7 Å². The first kappa shape index (κ1) is 15.9. The molecule has 0 unspecified atom stereocenters. The summed E-state index contributed by atoms with van der Waals surface area (Å²) in [6, 6.07) is 14.8. The van der Waals surface area contributed by atoms with E-state index in [1.165, 1.54) is 0 Å². The molecule has 0 heterocycles. The van der Waals surface area contributed by atoms with Crippen molar-refractivity contribution in [2.75, 3.05) is 13.2 Å². The van der Waals surface area contributed by atoms with Crippen molar-refractivity contribution in [3.05, 3.63) is 63.6 Å². The van der Waals surface area contributed by atoms with Crippen LogP contribution in [0.15, 0.2) is 53.0 Å². The van der Waals surface area contributed by atoms with Crippen LogP contribution in [0.5, 0.6) is 5.75 Å². The molecule has 21 heavy (non-hydrogen) atoms. The summed E-state index contributed by atoms with van der Waals surface area (Å²) in [6.45, 7) is 1.09. The van der Waals surface area contributed by atoms with Crippen molar-refractivity contribution in [2.45, 2.75) is 6.42 Å². The molecule has 5 heteroatoms. The van der Waals surface area contributed by atoms with Gasteiger partial charge in [-0.25, -0.2) is 0 Å². The van der Waals surface area contributed by atoms with Crippen molar-refractivity contribution in [3.8, 4) is 5.75 Å². The van der Waals surface area contributed by atoms with Gasteiger partial charge in [-0.2, -0.15) is 0 Å². The van der Waals surface area contributed by atoms with Crippen LogP contribution in [0.3, 0.4) is 0 Å². The SMILES string of the molecule is O=C(NCCCOc1ccccc1)c1cc(Br)ccc1Cl. The number of hydrogen-bond acceptors (Lipinski definition) is 2. The molecule has 0 aromatic heterocycles. The second-order valence-corrected chi connectivity index (χ2v) is 5.72. The molecule has 3 nitrogen and oxygen atoms in total. The third-order valence-corrected chi connectivity index (χ3v) is 3.61. The molecule has 0 aliphatic heterocycles. The van der Waals surface area contributed by atoms with Crippen LogP contribution in [0.2, 0.25) is 5.02 Å². The molecule has 0 spiro atoms. The summed E-state index contributed by atoms with van der Waals surface area (Å²) in [5, 5.41) is 3.27. The predicted octanol–water partition coefficient (Wildman–Crippen LogP) is 4.30. The van der Waals surface area contributed by atoms with Gasteiger partial charge in [0.2, 0.25) is 0 Å². The second kappa shape index (κ2) is 8.05. The average molecular weight is 369 g/mol. The lowest BCUT2D eigenvalue weighted by molar-refractivity contribution is 0.0951. The standard InChI is InChI=1S/C16H15BrClNO2/c17-12-7-8-15(18)14(11-12)16(20)19-9-4-10-21-13-5-2-1-3-6-13/h1-3,5-8,11H,4,9-10H2,(H,19,20). The number of nitrogens with one attached hydrogen (secondary N) is 1. The number of halogens is 2. The Bertz CT molecular complexity index is 604. The molecule has 110 valence electrons. The molecule has 0 radical (unpaired) electrons.